The molecule has 0 atom stereocenters. The van der Waals surface area contributed by atoms with Gasteiger partial charge in [0.05, 0.1) is 0 Å². The van der Waals surface area contributed by atoms with Crippen LogP contribution >= 0.6 is 0 Å². The van der Waals surface area contributed by atoms with Crippen molar-refractivity contribution in [3.63, 3.8) is 0 Å². The van der Waals surface area contributed by atoms with Crippen molar-refractivity contribution in [2.45, 2.75) is 20.8 Å². The second-order valence-corrected chi connectivity index (χ2v) is 2.91. The maximum Gasteiger partial charge on any atom is 0.197 e. The average molecular weight is 139 g/mol. The summed E-state index contributed by atoms with van der Waals surface area (Å²) in [4.78, 5) is 0. The molecule has 0 unspecified atom stereocenters. The smallest absolute Gasteiger partial charge is 0.0959 e. The fourth-order valence-electron chi connectivity index (χ4n) is 0.968. The maximum atomic E-state index is 4.30. The monoisotopic (exact) mass is 139 g/mol. The number of nitrogens with zero attached hydrogens (tertiary/aromatic N) is 2. The molecule has 0 saturated heterocycles. The Hall–Kier alpha value is -0.660. The van der Waals surface area contributed by atoms with Crippen molar-refractivity contribution in [1.82, 2.24) is 0 Å². The molecule has 2 nitrogen and oxygen atoms in total. The van der Waals surface area contributed by atoms with Crippen molar-refractivity contribution in [2.24, 2.45) is 11.0 Å². The van der Waals surface area contributed by atoms with Gasteiger partial charge in [0.15, 0.2) is 12.7 Å². The third-order valence-corrected chi connectivity index (χ3v) is 1.82. The van der Waals surface area contributed by atoms with Gasteiger partial charge < -0.3 is 0 Å². The summed E-state index contributed by atoms with van der Waals surface area (Å²) in [5.41, 5.74) is 1.45. The van der Waals surface area contributed by atoms with E-state index in [4.69, 9.17) is 0 Å². The lowest BCUT2D eigenvalue weighted by molar-refractivity contribution is -0.519. The Morgan fingerprint density at radius 2 is 2.40 bits per heavy atom. The van der Waals surface area contributed by atoms with Crippen LogP contribution in [0.2, 0.25) is 0 Å². The molecule has 0 aromatic rings. The Morgan fingerprint density at radius 3 is 2.70 bits per heavy atom. The summed E-state index contributed by atoms with van der Waals surface area (Å²) in [6.07, 6.45) is 2.16. The zero-order chi connectivity index (χ0) is 7.56. The minimum atomic E-state index is 0.653. The highest BCUT2D eigenvalue weighted by molar-refractivity contribution is 5.04. The van der Waals surface area contributed by atoms with Crippen LogP contribution in [0, 0.1) is 5.92 Å². The Balaban J connectivity index is 2.57. The molecule has 0 radical (unpaired) electrons. The number of rotatable bonds is 2. The minimum Gasteiger partial charge on any atom is -0.0959 e. The van der Waals surface area contributed by atoms with Gasteiger partial charge in [0.1, 0.15) is 6.54 Å². The third-order valence-electron chi connectivity index (χ3n) is 1.82. The fourth-order valence-corrected chi connectivity index (χ4v) is 0.968. The van der Waals surface area contributed by atoms with Crippen LogP contribution in [-0.2, 0) is 0 Å². The molecule has 1 rings (SSSR count). The molecule has 1 aliphatic rings. The van der Waals surface area contributed by atoms with Crippen LogP contribution in [0.3, 0.4) is 0 Å². The molecule has 0 saturated carbocycles. The van der Waals surface area contributed by atoms with E-state index in [0.29, 0.717) is 5.92 Å². The van der Waals surface area contributed by atoms with Crippen molar-refractivity contribution in [1.29, 1.82) is 0 Å². The van der Waals surface area contributed by atoms with Gasteiger partial charge >= 0.3 is 0 Å². The van der Waals surface area contributed by atoms with E-state index in [0.717, 1.165) is 13.1 Å². The number of hydrogen-bond acceptors (Lipinski definition) is 1. The molecule has 0 amide bonds. The molecule has 0 fully saturated rings. The molecule has 1 heterocycles. The highest BCUT2D eigenvalue weighted by atomic mass is 15.3. The second-order valence-electron chi connectivity index (χ2n) is 2.91. The van der Waals surface area contributed by atoms with E-state index in [9.17, 15) is 0 Å². The molecular weight excluding hydrogens is 124 g/mol. The summed E-state index contributed by atoms with van der Waals surface area (Å²) in [6.45, 7) is 8.44. The van der Waals surface area contributed by atoms with Gasteiger partial charge in [-0.3, -0.25) is 0 Å². The van der Waals surface area contributed by atoms with Crippen LogP contribution in [0.4, 0.5) is 0 Å². The summed E-state index contributed by atoms with van der Waals surface area (Å²) < 4.78 is 2.01. The van der Waals surface area contributed by atoms with Crippen LogP contribution in [0.15, 0.2) is 16.9 Å². The van der Waals surface area contributed by atoms with Gasteiger partial charge in [-0.1, -0.05) is 18.5 Å². The van der Waals surface area contributed by atoms with E-state index in [-0.39, 0.29) is 0 Å². The number of azo groups is 2. The summed E-state index contributed by atoms with van der Waals surface area (Å²) in [5.74, 6) is 0.653. The molecule has 0 aromatic heterocycles. The van der Waals surface area contributed by atoms with E-state index >= 15 is 0 Å². The zero-order valence-corrected chi connectivity index (χ0v) is 6.96. The topological polar surface area (TPSA) is 15.4 Å². The van der Waals surface area contributed by atoms with Crippen molar-refractivity contribution < 1.29 is 4.70 Å². The summed E-state index contributed by atoms with van der Waals surface area (Å²) >= 11 is 0. The van der Waals surface area contributed by atoms with E-state index in [1.165, 1.54) is 5.57 Å². The minimum absolute atomic E-state index is 0.653. The van der Waals surface area contributed by atoms with Crippen LogP contribution in [0.25, 0.3) is 0 Å². The van der Waals surface area contributed by atoms with Crippen LogP contribution in [0.5, 0.6) is 0 Å². The lowest BCUT2D eigenvalue weighted by Gasteiger charge is -1.97. The van der Waals surface area contributed by atoms with E-state index in [2.05, 4.69) is 32.1 Å². The van der Waals surface area contributed by atoms with E-state index in [1.54, 1.807) is 0 Å². The molecule has 0 bridgehead atoms. The molecule has 0 aromatic carbocycles. The third kappa shape index (κ3) is 1.43. The molecule has 56 valence electrons. The lowest BCUT2D eigenvalue weighted by Crippen LogP contribution is -1.96. The Labute approximate surface area is 62.3 Å². The van der Waals surface area contributed by atoms with Gasteiger partial charge in [-0.05, 0) is 18.0 Å². The molecule has 10 heavy (non-hydrogen) atoms. The van der Waals surface area contributed by atoms with Crippen molar-refractivity contribution in [3.05, 3.63) is 11.8 Å². The highest BCUT2D eigenvalue weighted by Gasteiger charge is 2.15. The largest absolute Gasteiger partial charge is 0.197 e. The van der Waals surface area contributed by atoms with Crippen molar-refractivity contribution in [3.8, 4) is 0 Å². The van der Waals surface area contributed by atoms with Gasteiger partial charge in [-0.2, -0.15) is 0 Å². The van der Waals surface area contributed by atoms with Gasteiger partial charge in [-0.25, -0.2) is 0 Å². The predicted molar refractivity (Wildman–Crippen MR) is 41.0 cm³/mol. The standard InChI is InChI=1S/C8H15N2/c1-4-10-6-8(5-9-10)7(2)3/h6-7H,4-5H2,1-3H3/q+1. The fraction of sp³-hybridized carbons (Fsp3) is 0.750. The lowest BCUT2D eigenvalue weighted by atomic mass is 10.1. The predicted octanol–water partition coefficient (Wildman–Crippen LogP) is 2.02. The van der Waals surface area contributed by atoms with Gasteiger partial charge in [0, 0.05) is 5.57 Å². The second kappa shape index (κ2) is 2.95. The molecule has 2 heteroatoms. The molecule has 0 aliphatic carbocycles. The quantitative estimate of drug-likeness (QED) is 0.520. The Bertz CT molecular complexity index is 178. The van der Waals surface area contributed by atoms with Gasteiger partial charge in [0.25, 0.3) is 0 Å². The normalized spacial score (nSPS) is 17.6. The molecule has 0 spiro atoms. The van der Waals surface area contributed by atoms with E-state index < -0.39 is 0 Å². The van der Waals surface area contributed by atoms with Crippen molar-refractivity contribution >= 4 is 0 Å². The first-order valence-electron chi connectivity index (χ1n) is 3.88. The maximum absolute atomic E-state index is 4.30. The average Bonchev–Trinajstić information content (AvgIpc) is 2.34. The van der Waals surface area contributed by atoms with Gasteiger partial charge in [0.2, 0.25) is 0 Å². The Kier molecular flexibility index (Phi) is 2.20. The molecule has 1 aliphatic heterocycles. The van der Waals surface area contributed by atoms with Crippen LogP contribution in [-0.4, -0.2) is 17.8 Å². The Morgan fingerprint density at radius 1 is 1.70 bits per heavy atom. The van der Waals surface area contributed by atoms with Gasteiger partial charge in [-0.15, -0.1) is 0 Å². The first-order chi connectivity index (χ1) is 4.74. The summed E-state index contributed by atoms with van der Waals surface area (Å²) in [7, 11) is 0. The number of hydrogen-bond donors (Lipinski definition) is 0. The first kappa shape index (κ1) is 7.45. The van der Waals surface area contributed by atoms with Crippen molar-refractivity contribution in [2.75, 3.05) is 13.1 Å². The first-order valence-corrected chi connectivity index (χ1v) is 3.88. The van der Waals surface area contributed by atoms with Crippen LogP contribution in [0.1, 0.15) is 20.8 Å². The summed E-state index contributed by atoms with van der Waals surface area (Å²) in [6, 6.07) is 0. The zero-order valence-electron chi connectivity index (χ0n) is 6.96. The molecular formula is C8H15N2+. The summed E-state index contributed by atoms with van der Waals surface area (Å²) in [5, 5.41) is 4.30. The van der Waals surface area contributed by atoms with E-state index in [1.807, 2.05) is 4.70 Å². The highest BCUT2D eigenvalue weighted by Crippen LogP contribution is 2.14. The van der Waals surface area contributed by atoms with Crippen LogP contribution < -0.4 is 0 Å². The SMILES string of the molecule is CC[N+]1=NCC(C(C)C)=C1. The molecule has 0 N–H and O–H groups in total.